The highest BCUT2D eigenvalue weighted by Gasteiger charge is 2.44. The Hall–Kier alpha value is -1.27. The Morgan fingerprint density at radius 3 is 2.55 bits per heavy atom. The summed E-state index contributed by atoms with van der Waals surface area (Å²) in [5.41, 5.74) is 0.256. The van der Waals surface area contributed by atoms with Gasteiger partial charge in [0.1, 0.15) is 0 Å². The third kappa shape index (κ3) is 3.22. The quantitative estimate of drug-likeness (QED) is 0.844. The number of likely N-dealkylation sites (tertiary alicyclic amines) is 1. The van der Waals surface area contributed by atoms with Crippen molar-refractivity contribution in [2.75, 3.05) is 51.7 Å². The lowest BCUT2D eigenvalue weighted by Gasteiger charge is -2.46. The van der Waals surface area contributed by atoms with Gasteiger partial charge in [0.15, 0.2) is 5.82 Å². The largest absolute Gasteiger partial charge is 0.339 e. The SMILES string of the molecule is CN(C)CCN1CCCC12CCCN(c1ncc(F)cn1)C2. The third-order valence-corrected chi connectivity index (χ3v) is 5.00. The van der Waals surface area contributed by atoms with E-state index in [1.54, 1.807) is 0 Å². The summed E-state index contributed by atoms with van der Waals surface area (Å²) in [7, 11) is 4.25. The van der Waals surface area contributed by atoms with Crippen LogP contribution in [0.4, 0.5) is 10.3 Å². The molecule has 0 N–H and O–H groups in total. The monoisotopic (exact) mass is 307 g/mol. The number of rotatable bonds is 4. The van der Waals surface area contributed by atoms with Crippen LogP contribution in [0, 0.1) is 5.82 Å². The summed E-state index contributed by atoms with van der Waals surface area (Å²) in [6.07, 6.45) is 7.45. The van der Waals surface area contributed by atoms with Crippen LogP contribution >= 0.6 is 0 Å². The molecule has 1 unspecified atom stereocenters. The van der Waals surface area contributed by atoms with E-state index in [2.05, 4.69) is 38.8 Å². The van der Waals surface area contributed by atoms with Crippen molar-refractivity contribution in [2.45, 2.75) is 31.2 Å². The van der Waals surface area contributed by atoms with E-state index in [1.165, 1.54) is 38.2 Å². The topological polar surface area (TPSA) is 35.5 Å². The van der Waals surface area contributed by atoms with Gasteiger partial charge in [0.25, 0.3) is 0 Å². The minimum absolute atomic E-state index is 0.256. The number of hydrogen-bond donors (Lipinski definition) is 0. The summed E-state index contributed by atoms with van der Waals surface area (Å²) in [5.74, 6) is 0.295. The average molecular weight is 307 g/mol. The van der Waals surface area contributed by atoms with E-state index < -0.39 is 0 Å². The molecule has 2 saturated heterocycles. The van der Waals surface area contributed by atoms with Gasteiger partial charge in [-0.3, -0.25) is 4.90 Å². The standard InChI is InChI=1S/C16H26FN5/c1-20(2)9-10-22-8-4-6-16(22)5-3-7-21(13-16)15-18-11-14(17)12-19-15/h11-12H,3-10,13H2,1-2H3. The van der Waals surface area contributed by atoms with E-state index >= 15 is 0 Å². The molecular formula is C16H26FN5. The number of halogens is 1. The molecule has 0 saturated carbocycles. The maximum absolute atomic E-state index is 13.0. The van der Waals surface area contributed by atoms with E-state index in [0.717, 1.165) is 32.6 Å². The minimum Gasteiger partial charge on any atom is -0.339 e. The summed E-state index contributed by atoms with van der Waals surface area (Å²) in [6, 6.07) is 0. The van der Waals surface area contributed by atoms with Gasteiger partial charge in [-0.15, -0.1) is 0 Å². The lowest BCUT2D eigenvalue weighted by molar-refractivity contribution is 0.107. The summed E-state index contributed by atoms with van der Waals surface area (Å²) < 4.78 is 13.0. The fourth-order valence-corrected chi connectivity index (χ4v) is 3.88. The number of hydrogen-bond acceptors (Lipinski definition) is 5. The summed E-state index contributed by atoms with van der Waals surface area (Å²) in [6.45, 7) is 5.33. The van der Waals surface area contributed by atoms with Crippen molar-refractivity contribution in [1.29, 1.82) is 0 Å². The molecule has 0 aromatic carbocycles. The van der Waals surface area contributed by atoms with Crippen LogP contribution in [0.5, 0.6) is 0 Å². The van der Waals surface area contributed by atoms with Crippen molar-refractivity contribution in [3.8, 4) is 0 Å². The predicted octanol–water partition coefficient (Wildman–Crippen LogP) is 1.61. The zero-order chi connectivity index (χ0) is 15.6. The molecule has 1 aromatic heterocycles. The van der Waals surface area contributed by atoms with Crippen LogP contribution in [0.25, 0.3) is 0 Å². The Morgan fingerprint density at radius 2 is 1.86 bits per heavy atom. The van der Waals surface area contributed by atoms with Crippen molar-refractivity contribution >= 4 is 5.95 Å². The first-order valence-corrected chi connectivity index (χ1v) is 8.21. The van der Waals surface area contributed by atoms with E-state index in [-0.39, 0.29) is 11.4 Å². The molecule has 1 spiro atoms. The first kappa shape index (κ1) is 15.6. The number of anilines is 1. The molecule has 22 heavy (non-hydrogen) atoms. The second kappa shape index (κ2) is 6.46. The molecule has 2 aliphatic rings. The van der Waals surface area contributed by atoms with E-state index in [9.17, 15) is 4.39 Å². The Bertz CT molecular complexity index is 492. The molecule has 0 aliphatic carbocycles. The molecule has 6 heteroatoms. The maximum Gasteiger partial charge on any atom is 0.225 e. The Balaban J connectivity index is 1.72. The van der Waals surface area contributed by atoms with Crippen LogP contribution in [0.3, 0.4) is 0 Å². The molecule has 5 nitrogen and oxygen atoms in total. The number of nitrogens with zero attached hydrogens (tertiary/aromatic N) is 5. The second-order valence-corrected chi connectivity index (χ2v) is 6.84. The van der Waals surface area contributed by atoms with Crippen LogP contribution in [-0.2, 0) is 0 Å². The van der Waals surface area contributed by atoms with Crippen molar-refractivity contribution in [3.63, 3.8) is 0 Å². The number of aromatic nitrogens is 2. The molecule has 122 valence electrons. The summed E-state index contributed by atoms with van der Waals surface area (Å²) in [4.78, 5) is 15.5. The van der Waals surface area contributed by atoms with Crippen LogP contribution < -0.4 is 4.90 Å². The van der Waals surface area contributed by atoms with Gasteiger partial charge >= 0.3 is 0 Å². The van der Waals surface area contributed by atoms with Gasteiger partial charge in [-0.25, -0.2) is 14.4 Å². The first-order chi connectivity index (χ1) is 10.6. The Labute approximate surface area is 132 Å². The van der Waals surface area contributed by atoms with Crippen LogP contribution in [-0.4, -0.2) is 72.1 Å². The minimum atomic E-state index is -0.371. The van der Waals surface area contributed by atoms with Crippen LogP contribution in [0.15, 0.2) is 12.4 Å². The molecule has 3 heterocycles. The lowest BCUT2D eigenvalue weighted by Crippen LogP contribution is -2.57. The summed E-state index contributed by atoms with van der Waals surface area (Å²) in [5, 5.41) is 0. The molecule has 2 aliphatic heterocycles. The van der Waals surface area contributed by atoms with Crippen molar-refractivity contribution in [2.24, 2.45) is 0 Å². The molecule has 0 amide bonds. The fraction of sp³-hybridized carbons (Fsp3) is 0.750. The highest BCUT2D eigenvalue weighted by molar-refractivity contribution is 5.31. The van der Waals surface area contributed by atoms with Gasteiger partial charge in [-0.1, -0.05) is 0 Å². The zero-order valence-electron chi connectivity index (χ0n) is 13.6. The van der Waals surface area contributed by atoms with Gasteiger partial charge in [0.05, 0.1) is 12.4 Å². The van der Waals surface area contributed by atoms with Crippen LogP contribution in [0.2, 0.25) is 0 Å². The van der Waals surface area contributed by atoms with Crippen molar-refractivity contribution in [1.82, 2.24) is 19.8 Å². The highest BCUT2D eigenvalue weighted by atomic mass is 19.1. The lowest BCUT2D eigenvalue weighted by atomic mass is 9.86. The highest BCUT2D eigenvalue weighted by Crippen LogP contribution is 2.37. The Kier molecular flexibility index (Phi) is 4.59. The molecule has 1 aromatic rings. The van der Waals surface area contributed by atoms with Gasteiger partial charge < -0.3 is 9.80 Å². The van der Waals surface area contributed by atoms with Gasteiger partial charge in [-0.05, 0) is 46.3 Å². The molecule has 0 bridgehead atoms. The normalized spacial score (nSPS) is 26.3. The van der Waals surface area contributed by atoms with Gasteiger partial charge in [0, 0.05) is 31.7 Å². The Morgan fingerprint density at radius 1 is 1.18 bits per heavy atom. The third-order valence-electron chi connectivity index (χ3n) is 5.00. The number of piperidine rings is 1. The maximum atomic E-state index is 13.0. The predicted molar refractivity (Wildman–Crippen MR) is 85.5 cm³/mol. The van der Waals surface area contributed by atoms with Gasteiger partial charge in [-0.2, -0.15) is 0 Å². The fourth-order valence-electron chi connectivity index (χ4n) is 3.88. The van der Waals surface area contributed by atoms with Gasteiger partial charge in [0.2, 0.25) is 5.95 Å². The first-order valence-electron chi connectivity index (χ1n) is 8.21. The average Bonchev–Trinajstić information content (AvgIpc) is 2.88. The smallest absolute Gasteiger partial charge is 0.225 e. The van der Waals surface area contributed by atoms with Crippen molar-refractivity contribution in [3.05, 3.63) is 18.2 Å². The molecule has 2 fully saturated rings. The molecule has 1 atom stereocenters. The molecular weight excluding hydrogens is 281 g/mol. The van der Waals surface area contributed by atoms with E-state index in [4.69, 9.17) is 0 Å². The van der Waals surface area contributed by atoms with Crippen LogP contribution in [0.1, 0.15) is 25.7 Å². The number of likely N-dealkylation sites (N-methyl/N-ethyl adjacent to an activating group) is 1. The molecule has 0 radical (unpaired) electrons. The second-order valence-electron chi connectivity index (χ2n) is 6.84. The van der Waals surface area contributed by atoms with Crippen molar-refractivity contribution < 1.29 is 4.39 Å². The van der Waals surface area contributed by atoms with E-state index in [0.29, 0.717) is 5.95 Å². The molecule has 3 rings (SSSR count). The summed E-state index contributed by atoms with van der Waals surface area (Å²) >= 11 is 0. The van der Waals surface area contributed by atoms with E-state index in [1.807, 2.05) is 0 Å². The zero-order valence-corrected chi connectivity index (χ0v) is 13.6.